The number of likely N-dealkylation sites (N-methyl/N-ethyl adjacent to an activating group) is 1. The molecule has 0 aliphatic heterocycles. The first-order valence-corrected chi connectivity index (χ1v) is 10.6. The van der Waals surface area contributed by atoms with Crippen LogP contribution in [0.3, 0.4) is 0 Å². The van der Waals surface area contributed by atoms with E-state index in [0.717, 1.165) is 12.1 Å². The molecule has 1 N–H and O–H groups in total. The summed E-state index contributed by atoms with van der Waals surface area (Å²) >= 11 is 1.54. The number of thiazole rings is 1. The lowest BCUT2D eigenvalue weighted by Crippen LogP contribution is -2.34. The Morgan fingerprint density at radius 3 is 2.66 bits per heavy atom. The van der Waals surface area contributed by atoms with E-state index in [1.54, 1.807) is 17.6 Å². The molecule has 6 heteroatoms. The van der Waals surface area contributed by atoms with E-state index in [0.29, 0.717) is 24.5 Å². The molecule has 2 aromatic carbocycles. The van der Waals surface area contributed by atoms with Crippen LogP contribution in [0, 0.1) is 0 Å². The van der Waals surface area contributed by atoms with Gasteiger partial charge in [-0.3, -0.25) is 4.79 Å². The van der Waals surface area contributed by atoms with Gasteiger partial charge in [0.1, 0.15) is 12.4 Å². The molecule has 0 aliphatic carbocycles. The fourth-order valence-corrected chi connectivity index (χ4v) is 3.60. The monoisotopic (exact) mass is 409 g/mol. The van der Waals surface area contributed by atoms with Crippen molar-refractivity contribution in [3.8, 4) is 5.75 Å². The molecule has 3 rings (SSSR count). The predicted molar refractivity (Wildman–Crippen MR) is 117 cm³/mol. The van der Waals surface area contributed by atoms with Crippen LogP contribution in [0.25, 0.3) is 0 Å². The van der Waals surface area contributed by atoms with Crippen LogP contribution >= 0.6 is 11.3 Å². The fourth-order valence-electron chi connectivity index (χ4n) is 3.06. The van der Waals surface area contributed by atoms with Gasteiger partial charge in [-0.25, -0.2) is 4.98 Å². The quantitative estimate of drug-likeness (QED) is 0.572. The number of rotatable bonds is 9. The average molecular weight is 410 g/mol. The highest BCUT2D eigenvalue weighted by Crippen LogP contribution is 2.19. The summed E-state index contributed by atoms with van der Waals surface area (Å²) in [6.07, 6.45) is 1.02. The van der Waals surface area contributed by atoms with Gasteiger partial charge in [-0.1, -0.05) is 37.3 Å². The van der Waals surface area contributed by atoms with E-state index in [2.05, 4.69) is 46.4 Å². The van der Waals surface area contributed by atoms with E-state index in [-0.39, 0.29) is 11.9 Å². The largest absolute Gasteiger partial charge is 0.487 e. The number of carbonyl (C=O) groups excluding carboxylic acids is 1. The number of aryl methyl sites for hydroxylation is 1. The van der Waals surface area contributed by atoms with E-state index in [1.807, 2.05) is 31.6 Å². The second-order valence-electron chi connectivity index (χ2n) is 7.08. The highest BCUT2D eigenvalue weighted by molar-refractivity contribution is 7.07. The zero-order valence-corrected chi connectivity index (χ0v) is 17.9. The summed E-state index contributed by atoms with van der Waals surface area (Å²) in [4.78, 5) is 19.0. The van der Waals surface area contributed by atoms with Gasteiger partial charge in [0.2, 0.25) is 0 Å². The first kappa shape index (κ1) is 21.0. The van der Waals surface area contributed by atoms with Gasteiger partial charge in [0.25, 0.3) is 5.91 Å². The molecule has 29 heavy (non-hydrogen) atoms. The van der Waals surface area contributed by atoms with Crippen molar-refractivity contribution in [3.63, 3.8) is 0 Å². The summed E-state index contributed by atoms with van der Waals surface area (Å²) in [6, 6.07) is 15.9. The van der Waals surface area contributed by atoms with E-state index < -0.39 is 0 Å². The van der Waals surface area contributed by atoms with Gasteiger partial charge >= 0.3 is 0 Å². The smallest absolute Gasteiger partial charge is 0.251 e. The second kappa shape index (κ2) is 10.2. The summed E-state index contributed by atoms with van der Waals surface area (Å²) < 4.78 is 5.75. The normalized spacial score (nSPS) is 12.0. The summed E-state index contributed by atoms with van der Waals surface area (Å²) in [5.74, 6) is 0.547. The Labute approximate surface area is 176 Å². The van der Waals surface area contributed by atoms with Crippen LogP contribution in [0.2, 0.25) is 0 Å². The molecular formula is C23H27N3O2S. The predicted octanol–water partition coefficient (Wildman–Crippen LogP) is 4.32. The zero-order valence-electron chi connectivity index (χ0n) is 17.1. The Hall–Kier alpha value is -2.70. The third kappa shape index (κ3) is 5.89. The third-order valence-corrected chi connectivity index (χ3v) is 5.45. The molecule has 0 fully saturated rings. The Balaban J connectivity index is 1.61. The molecule has 0 unspecified atom stereocenters. The SMILES string of the molecule is CCc1ccc([C@@H](CNC(=O)c2cccc(OCc3cscn3)c2)N(C)C)cc1. The maximum atomic E-state index is 12.7. The van der Waals surface area contributed by atoms with Gasteiger partial charge in [-0.2, -0.15) is 0 Å². The van der Waals surface area contributed by atoms with Crippen molar-refractivity contribution in [3.05, 3.63) is 81.8 Å². The lowest BCUT2D eigenvalue weighted by Gasteiger charge is -2.25. The van der Waals surface area contributed by atoms with Crippen LogP contribution in [0.1, 0.15) is 40.1 Å². The van der Waals surface area contributed by atoms with Crippen molar-refractivity contribution in [2.75, 3.05) is 20.6 Å². The zero-order chi connectivity index (χ0) is 20.6. The standard InChI is InChI=1S/C23H27N3O2S/c1-4-17-8-10-18(11-9-17)22(26(2)3)13-24-23(27)19-6-5-7-21(12-19)28-14-20-15-29-16-25-20/h5-12,15-16,22H,4,13-14H2,1-3H3,(H,24,27)/t22-/m1/s1. The van der Waals surface area contributed by atoms with Gasteiger partial charge in [-0.05, 0) is 49.8 Å². The first-order valence-electron chi connectivity index (χ1n) is 9.70. The molecule has 3 aromatic rings. The van der Waals surface area contributed by atoms with Crippen LogP contribution in [0.15, 0.2) is 59.4 Å². The molecule has 0 bridgehead atoms. The van der Waals surface area contributed by atoms with E-state index in [4.69, 9.17) is 4.74 Å². The van der Waals surface area contributed by atoms with Gasteiger partial charge < -0.3 is 15.0 Å². The van der Waals surface area contributed by atoms with Gasteiger partial charge in [-0.15, -0.1) is 11.3 Å². The molecule has 152 valence electrons. The third-order valence-electron chi connectivity index (χ3n) is 4.82. The van der Waals surface area contributed by atoms with Gasteiger partial charge in [0.15, 0.2) is 0 Å². The molecule has 0 aliphatic rings. The van der Waals surface area contributed by atoms with E-state index in [9.17, 15) is 4.79 Å². The molecule has 5 nitrogen and oxygen atoms in total. The summed E-state index contributed by atoms with van der Waals surface area (Å²) in [7, 11) is 4.05. The number of ether oxygens (including phenoxy) is 1. The van der Waals surface area contributed by atoms with Gasteiger partial charge in [0, 0.05) is 17.5 Å². The van der Waals surface area contributed by atoms with E-state index >= 15 is 0 Å². The summed E-state index contributed by atoms with van der Waals surface area (Å²) in [5.41, 5.74) is 5.74. The summed E-state index contributed by atoms with van der Waals surface area (Å²) in [6.45, 7) is 3.07. The minimum absolute atomic E-state index is 0.106. The highest BCUT2D eigenvalue weighted by atomic mass is 32.1. The number of benzene rings is 2. The maximum Gasteiger partial charge on any atom is 0.251 e. The first-order chi connectivity index (χ1) is 14.1. The topological polar surface area (TPSA) is 54.5 Å². The van der Waals surface area contributed by atoms with Crippen molar-refractivity contribution in [1.82, 2.24) is 15.2 Å². The molecule has 0 saturated carbocycles. The lowest BCUT2D eigenvalue weighted by atomic mass is 10.0. The van der Waals surface area contributed by atoms with Crippen LogP contribution in [-0.4, -0.2) is 36.4 Å². The number of nitrogens with one attached hydrogen (secondary N) is 1. The van der Waals surface area contributed by atoms with Crippen molar-refractivity contribution < 1.29 is 9.53 Å². The Kier molecular flexibility index (Phi) is 7.38. The van der Waals surface area contributed by atoms with Gasteiger partial charge in [0.05, 0.1) is 17.2 Å². The molecule has 1 amide bonds. The molecular weight excluding hydrogens is 382 g/mol. The second-order valence-corrected chi connectivity index (χ2v) is 7.80. The Morgan fingerprint density at radius 1 is 1.21 bits per heavy atom. The molecule has 0 radical (unpaired) electrons. The molecule has 0 spiro atoms. The molecule has 1 aromatic heterocycles. The van der Waals surface area contributed by atoms with Crippen LogP contribution < -0.4 is 10.1 Å². The van der Waals surface area contributed by atoms with Crippen molar-refractivity contribution in [2.45, 2.75) is 26.0 Å². The molecule has 1 atom stereocenters. The molecule has 1 heterocycles. The number of nitrogens with zero attached hydrogens (tertiary/aromatic N) is 2. The van der Waals surface area contributed by atoms with Crippen LogP contribution in [-0.2, 0) is 13.0 Å². The fraction of sp³-hybridized carbons (Fsp3) is 0.304. The minimum Gasteiger partial charge on any atom is -0.487 e. The van der Waals surface area contributed by atoms with Crippen molar-refractivity contribution in [2.24, 2.45) is 0 Å². The number of hydrogen-bond acceptors (Lipinski definition) is 5. The molecule has 0 saturated heterocycles. The van der Waals surface area contributed by atoms with Crippen molar-refractivity contribution in [1.29, 1.82) is 0 Å². The summed E-state index contributed by atoms with van der Waals surface area (Å²) in [5, 5.41) is 5.01. The number of carbonyl (C=O) groups is 1. The average Bonchev–Trinajstić information content (AvgIpc) is 3.26. The number of hydrogen-bond donors (Lipinski definition) is 1. The highest BCUT2D eigenvalue weighted by Gasteiger charge is 2.16. The number of amides is 1. The Morgan fingerprint density at radius 2 is 2.00 bits per heavy atom. The number of aromatic nitrogens is 1. The lowest BCUT2D eigenvalue weighted by molar-refractivity contribution is 0.0941. The van der Waals surface area contributed by atoms with E-state index in [1.165, 1.54) is 22.5 Å². The minimum atomic E-state index is -0.110. The van der Waals surface area contributed by atoms with Crippen molar-refractivity contribution >= 4 is 17.2 Å². The van der Waals surface area contributed by atoms with Crippen LogP contribution in [0.4, 0.5) is 0 Å². The van der Waals surface area contributed by atoms with Crippen LogP contribution in [0.5, 0.6) is 5.75 Å². The Bertz CT molecular complexity index is 908. The maximum absolute atomic E-state index is 12.7.